The minimum absolute atomic E-state index is 0. The largest absolute Gasteiger partial charge is 0.488 e. The summed E-state index contributed by atoms with van der Waals surface area (Å²) in [5, 5.41) is 2.93. The first-order chi connectivity index (χ1) is 11.9. The highest BCUT2D eigenvalue weighted by Crippen LogP contribution is 2.36. The molecule has 1 aromatic rings. The first-order valence-corrected chi connectivity index (χ1v) is 8.32. The normalized spacial score (nSPS) is 13.0. The highest BCUT2D eigenvalue weighted by molar-refractivity contribution is 14.0. The average Bonchev–Trinajstić information content (AvgIpc) is 2.57. The number of nitrogens with one attached hydrogen (secondary N) is 1. The molecule has 0 fully saturated rings. The van der Waals surface area contributed by atoms with E-state index in [1.807, 2.05) is 13.8 Å². The van der Waals surface area contributed by atoms with Crippen molar-refractivity contribution in [3.05, 3.63) is 29.8 Å². The molecule has 0 aliphatic carbocycles. The second kappa shape index (κ2) is 13.0. The lowest BCUT2D eigenvalue weighted by Crippen LogP contribution is -2.34. The van der Waals surface area contributed by atoms with Gasteiger partial charge in [0.2, 0.25) is 0 Å². The van der Waals surface area contributed by atoms with Gasteiger partial charge in [0.15, 0.2) is 5.96 Å². The van der Waals surface area contributed by atoms with E-state index in [2.05, 4.69) is 10.3 Å². The van der Waals surface area contributed by atoms with Crippen LogP contribution in [0.1, 0.15) is 32.3 Å². The van der Waals surface area contributed by atoms with Gasteiger partial charge < -0.3 is 20.5 Å². The molecule has 0 bridgehead atoms. The molecule has 0 saturated carbocycles. The second-order valence-corrected chi connectivity index (χ2v) is 5.35. The number of guanidine groups is 1. The fourth-order valence-corrected chi connectivity index (χ4v) is 2.02. The van der Waals surface area contributed by atoms with Crippen molar-refractivity contribution in [1.82, 2.24) is 5.32 Å². The highest BCUT2D eigenvalue weighted by atomic mass is 127. The lowest BCUT2D eigenvalue weighted by Gasteiger charge is -2.19. The van der Waals surface area contributed by atoms with Crippen LogP contribution in [0.5, 0.6) is 5.75 Å². The second-order valence-electron chi connectivity index (χ2n) is 5.35. The number of hydrogen-bond donors (Lipinski definition) is 2. The molecule has 5 nitrogen and oxygen atoms in total. The van der Waals surface area contributed by atoms with Crippen molar-refractivity contribution >= 4 is 29.9 Å². The Kier molecular flexibility index (Phi) is 12.4. The van der Waals surface area contributed by atoms with Crippen LogP contribution in [-0.4, -0.2) is 38.4 Å². The first-order valence-electron chi connectivity index (χ1n) is 8.32. The minimum atomic E-state index is -4.46. The Bertz CT molecular complexity index is 542. The molecule has 1 aromatic carbocycles. The number of halogens is 4. The summed E-state index contributed by atoms with van der Waals surface area (Å²) in [5.41, 5.74) is 4.95. The van der Waals surface area contributed by atoms with Crippen molar-refractivity contribution in [2.45, 2.75) is 39.0 Å². The number of nitrogens with two attached hydrogens (primary N) is 1. The van der Waals surface area contributed by atoms with E-state index >= 15 is 0 Å². The quantitative estimate of drug-likeness (QED) is 0.227. The molecular weight excluding hydrogens is 462 g/mol. The SMILES string of the molecule is CCOCCCNC(N)=NCC(CC)Oc1ccccc1C(F)(F)F.I. The Morgan fingerprint density at radius 2 is 1.96 bits per heavy atom. The van der Waals surface area contributed by atoms with Crippen LogP contribution in [0.15, 0.2) is 29.3 Å². The van der Waals surface area contributed by atoms with Crippen molar-refractivity contribution in [3.8, 4) is 5.75 Å². The van der Waals surface area contributed by atoms with Crippen molar-refractivity contribution in [1.29, 1.82) is 0 Å². The van der Waals surface area contributed by atoms with Gasteiger partial charge in [-0.1, -0.05) is 19.1 Å². The number of rotatable bonds is 10. The summed E-state index contributed by atoms with van der Waals surface area (Å²) in [5.74, 6) is 0.0444. The molecule has 1 atom stereocenters. The average molecular weight is 489 g/mol. The van der Waals surface area contributed by atoms with Gasteiger partial charge in [-0.15, -0.1) is 24.0 Å². The molecule has 1 unspecified atom stereocenters. The van der Waals surface area contributed by atoms with Crippen LogP contribution in [-0.2, 0) is 10.9 Å². The van der Waals surface area contributed by atoms with Gasteiger partial charge in [0.25, 0.3) is 0 Å². The summed E-state index contributed by atoms with van der Waals surface area (Å²) in [6, 6.07) is 5.15. The van der Waals surface area contributed by atoms with Gasteiger partial charge in [-0.25, -0.2) is 4.99 Å². The third-order valence-corrected chi connectivity index (χ3v) is 3.38. The van der Waals surface area contributed by atoms with Crippen LogP contribution in [0.2, 0.25) is 0 Å². The summed E-state index contributed by atoms with van der Waals surface area (Å²) < 4.78 is 49.7. The molecule has 0 saturated heterocycles. The number of nitrogens with zero attached hydrogens (tertiary/aromatic N) is 1. The third-order valence-electron chi connectivity index (χ3n) is 3.38. The van der Waals surface area contributed by atoms with E-state index in [0.29, 0.717) is 26.2 Å². The van der Waals surface area contributed by atoms with E-state index < -0.39 is 17.8 Å². The maximum absolute atomic E-state index is 13.0. The molecule has 3 N–H and O–H groups in total. The van der Waals surface area contributed by atoms with Gasteiger partial charge in [-0.05, 0) is 31.9 Å². The van der Waals surface area contributed by atoms with E-state index in [1.54, 1.807) is 0 Å². The molecule has 0 aliphatic rings. The molecule has 26 heavy (non-hydrogen) atoms. The highest BCUT2D eigenvalue weighted by Gasteiger charge is 2.34. The summed E-state index contributed by atoms with van der Waals surface area (Å²) in [7, 11) is 0. The fraction of sp³-hybridized carbons (Fsp3) is 0.588. The predicted molar refractivity (Wildman–Crippen MR) is 107 cm³/mol. The van der Waals surface area contributed by atoms with Crippen molar-refractivity contribution in [2.75, 3.05) is 26.3 Å². The summed E-state index contributed by atoms with van der Waals surface area (Å²) in [6.45, 7) is 5.83. The van der Waals surface area contributed by atoms with Crippen molar-refractivity contribution in [3.63, 3.8) is 0 Å². The number of ether oxygens (including phenoxy) is 2. The molecule has 0 aromatic heterocycles. The van der Waals surface area contributed by atoms with Gasteiger partial charge >= 0.3 is 6.18 Å². The lowest BCUT2D eigenvalue weighted by molar-refractivity contribution is -0.139. The van der Waals surface area contributed by atoms with Crippen molar-refractivity contribution in [2.24, 2.45) is 10.7 Å². The number of alkyl halides is 3. The van der Waals surface area contributed by atoms with Crippen molar-refractivity contribution < 1.29 is 22.6 Å². The summed E-state index contributed by atoms with van der Waals surface area (Å²) >= 11 is 0. The Hall–Kier alpha value is -1.23. The molecule has 0 heterocycles. The predicted octanol–water partition coefficient (Wildman–Crippen LogP) is 3.81. The van der Waals surface area contributed by atoms with Gasteiger partial charge in [0, 0.05) is 19.8 Å². The Morgan fingerprint density at radius 1 is 1.27 bits per heavy atom. The zero-order chi connectivity index (χ0) is 18.7. The molecule has 1 rings (SSSR count). The van der Waals surface area contributed by atoms with E-state index in [1.165, 1.54) is 18.2 Å². The first kappa shape index (κ1) is 24.8. The van der Waals surface area contributed by atoms with Crippen LogP contribution in [0.4, 0.5) is 13.2 Å². The van der Waals surface area contributed by atoms with E-state index in [0.717, 1.165) is 12.5 Å². The molecule has 0 amide bonds. The van der Waals surface area contributed by atoms with Crippen LogP contribution >= 0.6 is 24.0 Å². The third kappa shape index (κ3) is 9.46. The lowest BCUT2D eigenvalue weighted by atomic mass is 10.2. The van der Waals surface area contributed by atoms with Crippen LogP contribution in [0, 0.1) is 0 Å². The maximum Gasteiger partial charge on any atom is 0.419 e. The van der Waals surface area contributed by atoms with E-state index in [-0.39, 0.29) is 42.2 Å². The Morgan fingerprint density at radius 3 is 2.58 bits per heavy atom. The monoisotopic (exact) mass is 489 g/mol. The Balaban J connectivity index is 0.00000625. The zero-order valence-corrected chi connectivity index (χ0v) is 17.3. The molecule has 9 heteroatoms. The Labute approximate surface area is 169 Å². The molecule has 150 valence electrons. The molecule has 0 radical (unpaired) electrons. The van der Waals surface area contributed by atoms with Gasteiger partial charge in [-0.3, -0.25) is 0 Å². The summed E-state index contributed by atoms with van der Waals surface area (Å²) in [4.78, 5) is 4.14. The fourth-order valence-electron chi connectivity index (χ4n) is 2.02. The minimum Gasteiger partial charge on any atom is -0.488 e. The number of benzene rings is 1. The standard InChI is InChI=1S/C17H26F3N3O2.HI/c1-3-13(12-23-16(21)22-10-7-11-24-4-2)25-15-9-6-5-8-14(15)17(18,19)20;/h5-6,8-9,13H,3-4,7,10-12H2,1-2H3,(H3,21,22,23);1H. The number of hydrogen-bond acceptors (Lipinski definition) is 3. The van der Waals surface area contributed by atoms with E-state index in [4.69, 9.17) is 15.2 Å². The molecule has 0 spiro atoms. The molecular formula is C17H27F3IN3O2. The topological polar surface area (TPSA) is 68.9 Å². The maximum atomic E-state index is 13.0. The summed E-state index contributed by atoms with van der Waals surface area (Å²) in [6.07, 6.45) is -3.66. The number of para-hydroxylation sites is 1. The zero-order valence-electron chi connectivity index (χ0n) is 15.0. The van der Waals surface area contributed by atoms with Crippen LogP contribution < -0.4 is 15.8 Å². The number of aliphatic imine (C=N–C) groups is 1. The van der Waals surface area contributed by atoms with Gasteiger partial charge in [0.1, 0.15) is 11.9 Å². The van der Waals surface area contributed by atoms with Gasteiger partial charge in [0.05, 0.1) is 12.1 Å². The smallest absolute Gasteiger partial charge is 0.419 e. The van der Waals surface area contributed by atoms with Crippen LogP contribution in [0.25, 0.3) is 0 Å². The van der Waals surface area contributed by atoms with Gasteiger partial charge in [-0.2, -0.15) is 13.2 Å². The molecule has 0 aliphatic heterocycles. The van der Waals surface area contributed by atoms with E-state index in [9.17, 15) is 13.2 Å². The van der Waals surface area contributed by atoms with Crippen LogP contribution in [0.3, 0.4) is 0 Å².